The number of benzene rings is 1. The SMILES string of the molecule is C=CCOC(=O)c1sc(NC(=O)c2cccc(OCc3nnnn3CC)c2)nc1C. The summed E-state index contributed by atoms with van der Waals surface area (Å²) in [5.41, 5.74) is 0.862. The van der Waals surface area contributed by atoms with Crippen molar-refractivity contribution < 1.29 is 19.1 Å². The number of aromatic nitrogens is 5. The molecule has 11 heteroatoms. The van der Waals surface area contributed by atoms with Crippen LogP contribution in [0.15, 0.2) is 36.9 Å². The first-order valence-electron chi connectivity index (χ1n) is 9.06. The number of amides is 1. The second-order valence-electron chi connectivity index (χ2n) is 6.00. The first-order valence-corrected chi connectivity index (χ1v) is 9.88. The molecular weight excluding hydrogens is 408 g/mol. The summed E-state index contributed by atoms with van der Waals surface area (Å²) in [5, 5.41) is 14.4. The Morgan fingerprint density at radius 3 is 2.97 bits per heavy atom. The lowest BCUT2D eigenvalue weighted by Crippen LogP contribution is -2.12. The van der Waals surface area contributed by atoms with Crippen LogP contribution in [0.25, 0.3) is 0 Å². The number of thiazole rings is 1. The molecule has 156 valence electrons. The maximum Gasteiger partial charge on any atom is 0.350 e. The number of tetrazole rings is 1. The number of hydrogen-bond donors (Lipinski definition) is 1. The average Bonchev–Trinajstić information content (AvgIpc) is 3.36. The fourth-order valence-corrected chi connectivity index (χ4v) is 3.31. The van der Waals surface area contributed by atoms with Crippen LogP contribution in [0.2, 0.25) is 0 Å². The van der Waals surface area contributed by atoms with Gasteiger partial charge in [-0.05, 0) is 42.5 Å². The van der Waals surface area contributed by atoms with Crippen molar-refractivity contribution in [3.8, 4) is 5.75 Å². The Bertz CT molecular complexity index is 1060. The standard InChI is InChI=1S/C19H20N6O4S/c1-4-9-28-18(27)16-12(3)20-19(30-16)21-17(26)13-7-6-8-14(10-13)29-11-15-22-23-24-25(15)5-2/h4,6-8,10H,1,5,9,11H2,2-3H3,(H,20,21,26). The van der Waals surface area contributed by atoms with E-state index < -0.39 is 5.97 Å². The largest absolute Gasteiger partial charge is 0.486 e. The number of anilines is 1. The van der Waals surface area contributed by atoms with Gasteiger partial charge >= 0.3 is 5.97 Å². The van der Waals surface area contributed by atoms with Gasteiger partial charge in [0.15, 0.2) is 11.0 Å². The first-order chi connectivity index (χ1) is 14.5. The molecule has 1 aromatic carbocycles. The average molecular weight is 428 g/mol. The van der Waals surface area contributed by atoms with Crippen molar-refractivity contribution in [1.82, 2.24) is 25.2 Å². The van der Waals surface area contributed by atoms with Crippen LogP contribution in [-0.2, 0) is 17.9 Å². The molecule has 0 atom stereocenters. The van der Waals surface area contributed by atoms with E-state index in [0.29, 0.717) is 39.4 Å². The van der Waals surface area contributed by atoms with E-state index in [1.807, 2.05) is 6.92 Å². The van der Waals surface area contributed by atoms with Crippen LogP contribution in [0.4, 0.5) is 5.13 Å². The maximum atomic E-state index is 12.6. The Balaban J connectivity index is 1.65. The van der Waals surface area contributed by atoms with Crippen molar-refractivity contribution in [3.63, 3.8) is 0 Å². The Kier molecular flexibility index (Phi) is 6.86. The minimum absolute atomic E-state index is 0.106. The number of esters is 1. The van der Waals surface area contributed by atoms with Crippen LogP contribution in [0.5, 0.6) is 5.75 Å². The molecule has 0 radical (unpaired) electrons. The van der Waals surface area contributed by atoms with Gasteiger partial charge in [-0.1, -0.05) is 30.1 Å². The van der Waals surface area contributed by atoms with Crippen molar-refractivity contribution in [2.24, 2.45) is 0 Å². The maximum absolute atomic E-state index is 12.6. The monoisotopic (exact) mass is 428 g/mol. The third-order valence-electron chi connectivity index (χ3n) is 3.90. The number of carbonyl (C=O) groups is 2. The van der Waals surface area contributed by atoms with Gasteiger partial charge in [0, 0.05) is 12.1 Å². The van der Waals surface area contributed by atoms with Gasteiger partial charge < -0.3 is 9.47 Å². The van der Waals surface area contributed by atoms with Gasteiger partial charge in [-0.15, -0.1) is 5.10 Å². The van der Waals surface area contributed by atoms with E-state index in [1.54, 1.807) is 35.9 Å². The van der Waals surface area contributed by atoms with Crippen LogP contribution < -0.4 is 10.1 Å². The highest BCUT2D eigenvalue weighted by Gasteiger charge is 2.18. The molecule has 0 fully saturated rings. The Morgan fingerprint density at radius 2 is 2.20 bits per heavy atom. The normalized spacial score (nSPS) is 10.5. The number of nitrogens with one attached hydrogen (secondary N) is 1. The van der Waals surface area contributed by atoms with E-state index >= 15 is 0 Å². The third-order valence-corrected chi connectivity index (χ3v) is 4.96. The molecular formula is C19H20N6O4S. The zero-order chi connectivity index (χ0) is 21.5. The quantitative estimate of drug-likeness (QED) is 0.408. The molecule has 0 spiro atoms. The fraction of sp³-hybridized carbons (Fsp3) is 0.263. The minimum Gasteiger partial charge on any atom is -0.486 e. The van der Waals surface area contributed by atoms with E-state index in [0.717, 1.165) is 11.3 Å². The van der Waals surface area contributed by atoms with Gasteiger partial charge in [0.1, 0.15) is 23.8 Å². The Hall–Kier alpha value is -3.60. The smallest absolute Gasteiger partial charge is 0.350 e. The molecule has 2 aromatic heterocycles. The zero-order valence-electron chi connectivity index (χ0n) is 16.5. The van der Waals surface area contributed by atoms with Gasteiger partial charge in [-0.25, -0.2) is 14.5 Å². The van der Waals surface area contributed by atoms with Gasteiger partial charge in [0.25, 0.3) is 5.91 Å². The van der Waals surface area contributed by atoms with Crippen molar-refractivity contribution in [1.29, 1.82) is 0 Å². The van der Waals surface area contributed by atoms with Crippen molar-refractivity contribution in [3.05, 3.63) is 58.9 Å². The predicted octanol–water partition coefficient (Wildman–Crippen LogP) is 2.63. The number of rotatable bonds is 9. The summed E-state index contributed by atoms with van der Waals surface area (Å²) in [6.07, 6.45) is 1.48. The fourth-order valence-electron chi connectivity index (χ4n) is 2.46. The number of carbonyl (C=O) groups excluding carboxylic acids is 2. The van der Waals surface area contributed by atoms with Crippen LogP contribution in [0, 0.1) is 6.92 Å². The molecule has 30 heavy (non-hydrogen) atoms. The molecule has 1 amide bonds. The predicted molar refractivity (Wildman–Crippen MR) is 110 cm³/mol. The minimum atomic E-state index is -0.504. The second-order valence-corrected chi connectivity index (χ2v) is 7.00. The summed E-state index contributed by atoms with van der Waals surface area (Å²) in [4.78, 5) is 29.2. The topological polar surface area (TPSA) is 121 Å². The van der Waals surface area contributed by atoms with Gasteiger partial charge in [-0.2, -0.15) is 0 Å². The summed E-state index contributed by atoms with van der Waals surface area (Å²) < 4.78 is 12.3. The highest BCUT2D eigenvalue weighted by atomic mass is 32.1. The van der Waals surface area contributed by atoms with E-state index in [1.165, 1.54) is 6.08 Å². The Labute approximate surface area is 176 Å². The molecule has 3 rings (SSSR count). The Morgan fingerprint density at radius 1 is 1.37 bits per heavy atom. The van der Waals surface area contributed by atoms with Crippen molar-refractivity contribution in [2.45, 2.75) is 27.0 Å². The molecule has 0 aliphatic heterocycles. The molecule has 1 N–H and O–H groups in total. The third kappa shape index (κ3) is 5.06. The lowest BCUT2D eigenvalue weighted by atomic mass is 10.2. The van der Waals surface area contributed by atoms with E-state index in [2.05, 4.69) is 32.4 Å². The highest BCUT2D eigenvalue weighted by molar-refractivity contribution is 7.17. The van der Waals surface area contributed by atoms with Crippen LogP contribution in [0.1, 0.15) is 38.5 Å². The molecule has 0 saturated carbocycles. The van der Waals surface area contributed by atoms with Crippen LogP contribution >= 0.6 is 11.3 Å². The lowest BCUT2D eigenvalue weighted by molar-refractivity contribution is 0.0554. The summed E-state index contributed by atoms with van der Waals surface area (Å²) >= 11 is 1.05. The highest BCUT2D eigenvalue weighted by Crippen LogP contribution is 2.24. The van der Waals surface area contributed by atoms with Crippen LogP contribution in [-0.4, -0.2) is 43.7 Å². The molecule has 2 heterocycles. The molecule has 10 nitrogen and oxygen atoms in total. The number of hydrogen-bond acceptors (Lipinski definition) is 9. The van der Waals surface area contributed by atoms with Crippen molar-refractivity contribution >= 4 is 28.3 Å². The number of nitrogens with zero attached hydrogens (tertiary/aromatic N) is 5. The summed E-state index contributed by atoms with van der Waals surface area (Å²) in [6, 6.07) is 6.70. The lowest BCUT2D eigenvalue weighted by Gasteiger charge is -2.07. The molecule has 0 unspecified atom stereocenters. The summed E-state index contributed by atoms with van der Waals surface area (Å²) in [7, 11) is 0. The number of aryl methyl sites for hydroxylation is 2. The van der Waals surface area contributed by atoms with E-state index in [4.69, 9.17) is 9.47 Å². The van der Waals surface area contributed by atoms with Crippen molar-refractivity contribution in [2.75, 3.05) is 11.9 Å². The summed E-state index contributed by atoms with van der Waals surface area (Å²) in [6.45, 7) is 8.01. The second kappa shape index (κ2) is 9.74. The summed E-state index contributed by atoms with van der Waals surface area (Å²) in [5.74, 6) is 0.201. The number of ether oxygens (including phenoxy) is 2. The first kappa shape index (κ1) is 21.1. The molecule has 0 bridgehead atoms. The van der Waals surface area contributed by atoms with Gasteiger partial charge in [0.05, 0.1) is 5.69 Å². The zero-order valence-corrected chi connectivity index (χ0v) is 17.3. The van der Waals surface area contributed by atoms with Gasteiger partial charge in [-0.3, -0.25) is 10.1 Å². The molecule has 0 aliphatic carbocycles. The molecule has 0 saturated heterocycles. The molecule has 3 aromatic rings. The van der Waals surface area contributed by atoms with Gasteiger partial charge in [0.2, 0.25) is 0 Å². The van der Waals surface area contributed by atoms with Crippen LogP contribution in [0.3, 0.4) is 0 Å². The van der Waals surface area contributed by atoms with E-state index in [-0.39, 0.29) is 19.1 Å². The van der Waals surface area contributed by atoms with E-state index in [9.17, 15) is 9.59 Å². The molecule has 0 aliphatic rings.